The lowest BCUT2D eigenvalue weighted by Crippen LogP contribution is -2.33. The van der Waals surface area contributed by atoms with E-state index in [9.17, 15) is 4.79 Å². The molecule has 2 aromatic carbocycles. The quantitative estimate of drug-likeness (QED) is 0.212. The van der Waals surface area contributed by atoms with Crippen LogP contribution in [-0.2, 0) is 10.2 Å². The van der Waals surface area contributed by atoms with Crippen LogP contribution in [0.2, 0.25) is 0 Å². The Bertz CT molecular complexity index is 924. The second kappa shape index (κ2) is 12.1. The van der Waals surface area contributed by atoms with Crippen molar-refractivity contribution in [2.75, 3.05) is 0 Å². The molecule has 2 unspecified atom stereocenters. The Balaban J connectivity index is 2.43. The molecule has 2 atom stereocenters. The number of carbonyl (C=O) groups excluding carboxylic acids is 1. The lowest BCUT2D eigenvalue weighted by Gasteiger charge is -2.39. The zero-order valence-corrected chi connectivity index (χ0v) is 23.7. The summed E-state index contributed by atoms with van der Waals surface area (Å²) in [5, 5.41) is 0. The number of hydrogen-bond acceptors (Lipinski definition) is 3. The van der Waals surface area contributed by atoms with Crippen LogP contribution in [-0.4, -0.2) is 11.6 Å². The molecule has 0 aromatic heterocycles. The summed E-state index contributed by atoms with van der Waals surface area (Å²) in [5.41, 5.74) is 1.71. The molecule has 0 aliphatic carbocycles. The topological polar surface area (TPSA) is 35.5 Å². The van der Waals surface area contributed by atoms with Crippen molar-refractivity contribution in [2.24, 2.45) is 11.3 Å². The van der Waals surface area contributed by atoms with Gasteiger partial charge in [0.2, 0.25) is 0 Å². The summed E-state index contributed by atoms with van der Waals surface area (Å²) in [4.78, 5) is 12.6. The maximum Gasteiger partial charge on any atom is 0.316 e. The van der Waals surface area contributed by atoms with E-state index in [0.717, 1.165) is 25.0 Å². The van der Waals surface area contributed by atoms with Gasteiger partial charge < -0.3 is 9.47 Å². The minimum atomic E-state index is -0.489. The van der Waals surface area contributed by atoms with Crippen molar-refractivity contribution in [2.45, 2.75) is 112 Å². The van der Waals surface area contributed by atoms with Gasteiger partial charge in [-0.05, 0) is 88.3 Å². The fourth-order valence-electron chi connectivity index (χ4n) is 4.51. The molecule has 0 aliphatic heterocycles. The third kappa shape index (κ3) is 7.12. The van der Waals surface area contributed by atoms with Gasteiger partial charge in [0, 0.05) is 5.41 Å². The van der Waals surface area contributed by atoms with Crippen LogP contribution in [0.15, 0.2) is 48.5 Å². The van der Waals surface area contributed by atoms with Crippen LogP contribution in [0.25, 0.3) is 0 Å². The van der Waals surface area contributed by atoms with Crippen molar-refractivity contribution in [1.82, 2.24) is 0 Å². The number of esters is 1. The molecule has 0 N–H and O–H groups in total. The lowest BCUT2D eigenvalue weighted by molar-refractivity contribution is -0.144. The van der Waals surface area contributed by atoms with Crippen LogP contribution in [0, 0.1) is 11.3 Å². The first-order valence-electron chi connectivity index (χ1n) is 13.6. The standard InChI is InChI=1S/C32H48O3/c1-10-14-15-24(11-2)32(9,26-18-22-28(23-19-26)35-31(7,8)13-4)25-16-20-27(21-17-25)34-29(33)30(5,6)12-3/h16-24H,10-15H2,1-9H3. The summed E-state index contributed by atoms with van der Waals surface area (Å²) >= 11 is 0. The maximum absolute atomic E-state index is 12.6. The zero-order valence-electron chi connectivity index (χ0n) is 23.7. The van der Waals surface area contributed by atoms with Crippen LogP contribution in [0.5, 0.6) is 11.5 Å². The Labute approximate surface area is 214 Å². The molecular formula is C32H48O3. The molecule has 2 rings (SSSR count). The maximum atomic E-state index is 12.6. The van der Waals surface area contributed by atoms with Gasteiger partial charge in [-0.3, -0.25) is 4.79 Å². The van der Waals surface area contributed by atoms with Gasteiger partial charge in [0.15, 0.2) is 0 Å². The smallest absolute Gasteiger partial charge is 0.316 e. The molecule has 0 saturated heterocycles. The average Bonchev–Trinajstić information content (AvgIpc) is 2.84. The Morgan fingerprint density at radius 3 is 1.71 bits per heavy atom. The molecule has 0 fully saturated rings. The molecule has 0 spiro atoms. The van der Waals surface area contributed by atoms with Crippen molar-refractivity contribution < 1.29 is 14.3 Å². The van der Waals surface area contributed by atoms with Crippen LogP contribution in [0.1, 0.15) is 112 Å². The molecule has 35 heavy (non-hydrogen) atoms. The Kier molecular flexibility index (Phi) is 10.0. The predicted molar refractivity (Wildman–Crippen MR) is 147 cm³/mol. The normalized spacial score (nSPS) is 14.8. The summed E-state index contributed by atoms with van der Waals surface area (Å²) in [6.45, 7) is 19.2. The molecule has 3 heteroatoms. The molecule has 194 valence electrons. The van der Waals surface area contributed by atoms with Crippen LogP contribution < -0.4 is 9.47 Å². The number of carbonyl (C=O) groups is 1. The monoisotopic (exact) mass is 480 g/mol. The van der Waals surface area contributed by atoms with Gasteiger partial charge in [-0.25, -0.2) is 0 Å². The number of ether oxygens (including phenoxy) is 2. The first kappa shape index (κ1) is 28.9. The molecule has 0 radical (unpaired) electrons. The van der Waals surface area contributed by atoms with Crippen molar-refractivity contribution in [3.63, 3.8) is 0 Å². The summed E-state index contributed by atoms with van der Waals surface area (Å²) in [7, 11) is 0. The Morgan fingerprint density at radius 2 is 1.29 bits per heavy atom. The third-order valence-electron chi connectivity index (χ3n) is 8.02. The summed E-state index contributed by atoms with van der Waals surface area (Å²) in [6.07, 6.45) is 6.36. The van der Waals surface area contributed by atoms with E-state index in [-0.39, 0.29) is 17.0 Å². The first-order chi connectivity index (χ1) is 16.4. The SMILES string of the molecule is CCCCC(CC)C(C)(c1ccc(OC(=O)C(C)(C)CC)cc1)c1ccc(OC(C)(C)CC)cc1. The molecule has 0 bridgehead atoms. The van der Waals surface area contributed by atoms with E-state index in [0.29, 0.717) is 11.7 Å². The summed E-state index contributed by atoms with van der Waals surface area (Å²) < 4.78 is 11.9. The highest BCUT2D eigenvalue weighted by molar-refractivity contribution is 5.78. The highest BCUT2D eigenvalue weighted by Crippen LogP contribution is 2.44. The number of benzene rings is 2. The molecule has 0 aliphatic rings. The average molecular weight is 481 g/mol. The zero-order chi connectivity index (χ0) is 26.3. The fraction of sp³-hybridized carbons (Fsp3) is 0.594. The van der Waals surface area contributed by atoms with Crippen molar-refractivity contribution in [3.8, 4) is 11.5 Å². The van der Waals surface area contributed by atoms with Crippen LogP contribution >= 0.6 is 0 Å². The second-order valence-corrected chi connectivity index (χ2v) is 11.3. The molecule has 2 aromatic rings. The van der Waals surface area contributed by atoms with E-state index < -0.39 is 5.41 Å². The molecule has 3 nitrogen and oxygen atoms in total. The summed E-state index contributed by atoms with van der Waals surface area (Å²) in [5.74, 6) is 1.82. The molecule has 0 heterocycles. The number of unbranched alkanes of at least 4 members (excludes halogenated alkanes) is 1. The minimum absolute atomic E-state index is 0.159. The highest BCUT2D eigenvalue weighted by atomic mass is 16.5. The van der Waals surface area contributed by atoms with Gasteiger partial charge in [-0.15, -0.1) is 0 Å². The number of hydrogen-bond donors (Lipinski definition) is 0. The molecule has 0 saturated carbocycles. The van der Waals surface area contributed by atoms with Gasteiger partial charge >= 0.3 is 5.97 Å². The second-order valence-electron chi connectivity index (χ2n) is 11.3. The van der Waals surface area contributed by atoms with Gasteiger partial charge in [-0.1, -0.05) is 78.1 Å². The van der Waals surface area contributed by atoms with Crippen molar-refractivity contribution in [1.29, 1.82) is 0 Å². The lowest BCUT2D eigenvalue weighted by atomic mass is 9.65. The van der Waals surface area contributed by atoms with Crippen molar-refractivity contribution >= 4 is 5.97 Å². The van der Waals surface area contributed by atoms with Crippen LogP contribution in [0.3, 0.4) is 0 Å². The van der Waals surface area contributed by atoms with E-state index in [4.69, 9.17) is 9.47 Å². The van der Waals surface area contributed by atoms with E-state index in [1.165, 1.54) is 30.4 Å². The van der Waals surface area contributed by atoms with E-state index in [1.807, 2.05) is 32.9 Å². The molecule has 0 amide bonds. The van der Waals surface area contributed by atoms with Gasteiger partial charge in [0.05, 0.1) is 5.41 Å². The van der Waals surface area contributed by atoms with Gasteiger partial charge in [0.1, 0.15) is 17.1 Å². The first-order valence-corrected chi connectivity index (χ1v) is 13.6. The van der Waals surface area contributed by atoms with Gasteiger partial charge in [-0.2, -0.15) is 0 Å². The van der Waals surface area contributed by atoms with E-state index in [2.05, 4.69) is 77.9 Å². The molecular weight excluding hydrogens is 432 g/mol. The largest absolute Gasteiger partial charge is 0.488 e. The number of rotatable bonds is 13. The fourth-order valence-corrected chi connectivity index (χ4v) is 4.51. The third-order valence-corrected chi connectivity index (χ3v) is 8.02. The van der Waals surface area contributed by atoms with E-state index in [1.54, 1.807) is 0 Å². The van der Waals surface area contributed by atoms with Gasteiger partial charge in [0.25, 0.3) is 0 Å². The van der Waals surface area contributed by atoms with E-state index >= 15 is 0 Å². The highest BCUT2D eigenvalue weighted by Gasteiger charge is 2.36. The minimum Gasteiger partial charge on any atom is -0.488 e. The predicted octanol–water partition coefficient (Wildman–Crippen LogP) is 9.12. The van der Waals surface area contributed by atoms with Crippen LogP contribution in [0.4, 0.5) is 0 Å². The summed E-state index contributed by atoms with van der Waals surface area (Å²) in [6, 6.07) is 16.9. The van der Waals surface area contributed by atoms with Crippen molar-refractivity contribution in [3.05, 3.63) is 59.7 Å². The Morgan fingerprint density at radius 1 is 0.771 bits per heavy atom. The Hall–Kier alpha value is -2.29.